The molecule has 0 saturated carbocycles. The van der Waals surface area contributed by atoms with Crippen LogP contribution in [0.15, 0.2) is 27.6 Å². The molecule has 1 rings (SSSR count). The third-order valence-electron chi connectivity index (χ3n) is 0.847. The van der Waals surface area contributed by atoms with Gasteiger partial charge in [-0.15, -0.1) is 12.6 Å². The van der Waals surface area contributed by atoms with Crippen molar-refractivity contribution in [2.45, 2.75) is 4.90 Å². The number of halogens is 2. The fraction of sp³-hybridized carbons (Fsp3) is 0. The van der Waals surface area contributed by atoms with Gasteiger partial charge in [0.15, 0.2) is 0 Å². The molecule has 0 heterocycles. The Balaban J connectivity index is 3.17. The van der Waals surface area contributed by atoms with Crippen molar-refractivity contribution in [3.05, 3.63) is 28.5 Å². The van der Waals surface area contributed by atoms with Gasteiger partial charge in [0, 0.05) is 9.37 Å². The van der Waals surface area contributed by atoms with Crippen molar-refractivity contribution >= 4 is 28.6 Å². The van der Waals surface area contributed by atoms with Crippen LogP contribution in [-0.2, 0) is 0 Å². The highest BCUT2D eigenvalue weighted by Crippen LogP contribution is 2.16. The molecule has 9 heavy (non-hydrogen) atoms. The van der Waals surface area contributed by atoms with Gasteiger partial charge in [0.25, 0.3) is 0 Å². The second-order valence-corrected chi connectivity index (χ2v) is 3.06. The van der Waals surface area contributed by atoms with Crippen LogP contribution in [0.4, 0.5) is 4.39 Å². The molecular weight excluding hydrogens is 203 g/mol. The minimum atomic E-state index is -0.269. The highest BCUT2D eigenvalue weighted by molar-refractivity contribution is 9.10. The first-order chi connectivity index (χ1) is 4.18. The van der Waals surface area contributed by atoms with Gasteiger partial charge in [0.05, 0.1) is 0 Å². The predicted octanol–water partition coefficient (Wildman–Crippen LogP) is 2.88. The zero-order valence-electron chi connectivity index (χ0n) is 4.44. The molecule has 0 N–H and O–H groups in total. The van der Waals surface area contributed by atoms with Crippen molar-refractivity contribution in [2.75, 3.05) is 0 Å². The molecule has 48 valence electrons. The second-order valence-electron chi connectivity index (χ2n) is 1.63. The third-order valence-corrected chi connectivity index (χ3v) is 1.56. The van der Waals surface area contributed by atoms with Crippen LogP contribution >= 0.6 is 28.6 Å². The molecule has 0 bridgehead atoms. The minimum Gasteiger partial charge on any atom is -0.207 e. The molecule has 0 aliphatic carbocycles. The summed E-state index contributed by atoms with van der Waals surface area (Å²) in [6.07, 6.45) is 0. The van der Waals surface area contributed by atoms with E-state index in [1.54, 1.807) is 6.07 Å². The highest BCUT2D eigenvalue weighted by Gasteiger charge is 1.92. The molecule has 0 radical (unpaired) electrons. The lowest BCUT2D eigenvalue weighted by Gasteiger charge is -1.92. The Morgan fingerprint density at radius 2 is 2.00 bits per heavy atom. The van der Waals surface area contributed by atoms with E-state index >= 15 is 0 Å². The molecule has 1 aromatic carbocycles. The maximum atomic E-state index is 12.3. The number of rotatable bonds is 0. The smallest absolute Gasteiger partial charge is 0.125 e. The maximum Gasteiger partial charge on any atom is 0.125 e. The molecule has 0 atom stereocenters. The van der Waals surface area contributed by atoms with Crippen LogP contribution < -0.4 is 0 Å². The quantitative estimate of drug-likeness (QED) is 0.621. The molecule has 0 saturated heterocycles. The predicted molar refractivity (Wildman–Crippen MR) is 41.4 cm³/mol. The van der Waals surface area contributed by atoms with Crippen molar-refractivity contribution in [3.8, 4) is 0 Å². The minimum absolute atomic E-state index is 0.269. The van der Waals surface area contributed by atoms with E-state index in [1.165, 1.54) is 12.1 Å². The van der Waals surface area contributed by atoms with Crippen LogP contribution in [0, 0.1) is 5.82 Å². The SMILES string of the molecule is Fc1cc(S)cc(Br)c1. The van der Waals surface area contributed by atoms with Crippen LogP contribution in [0.5, 0.6) is 0 Å². The van der Waals surface area contributed by atoms with Crippen molar-refractivity contribution in [1.29, 1.82) is 0 Å². The van der Waals surface area contributed by atoms with E-state index in [-0.39, 0.29) is 5.82 Å². The summed E-state index contributed by atoms with van der Waals surface area (Å²) in [5, 5.41) is 0. The van der Waals surface area contributed by atoms with Crippen LogP contribution in [0.2, 0.25) is 0 Å². The molecule has 0 aliphatic rings. The molecule has 0 nitrogen and oxygen atoms in total. The maximum absolute atomic E-state index is 12.3. The van der Waals surface area contributed by atoms with Crippen LogP contribution in [0.25, 0.3) is 0 Å². The summed E-state index contributed by atoms with van der Waals surface area (Å²) in [6, 6.07) is 4.47. The Labute approximate surface area is 66.6 Å². The van der Waals surface area contributed by atoms with E-state index < -0.39 is 0 Å². The molecule has 0 aliphatic heterocycles. The van der Waals surface area contributed by atoms with Crippen molar-refractivity contribution in [2.24, 2.45) is 0 Å². The average molecular weight is 207 g/mol. The Morgan fingerprint density at radius 1 is 1.33 bits per heavy atom. The van der Waals surface area contributed by atoms with Crippen molar-refractivity contribution in [1.82, 2.24) is 0 Å². The topological polar surface area (TPSA) is 0 Å². The molecule has 0 aromatic heterocycles. The number of hydrogen-bond donors (Lipinski definition) is 1. The summed E-state index contributed by atoms with van der Waals surface area (Å²) in [4.78, 5) is 0.627. The third kappa shape index (κ3) is 1.99. The second kappa shape index (κ2) is 2.71. The van der Waals surface area contributed by atoms with E-state index in [9.17, 15) is 4.39 Å². The lowest BCUT2D eigenvalue weighted by Crippen LogP contribution is -1.72. The monoisotopic (exact) mass is 206 g/mol. The molecule has 0 amide bonds. The summed E-state index contributed by atoms with van der Waals surface area (Å²) in [7, 11) is 0. The van der Waals surface area contributed by atoms with Crippen LogP contribution in [-0.4, -0.2) is 0 Å². The summed E-state index contributed by atoms with van der Waals surface area (Å²) in [5.41, 5.74) is 0. The molecule has 0 fully saturated rings. The summed E-state index contributed by atoms with van der Waals surface area (Å²) < 4.78 is 13.1. The normalized spacial score (nSPS) is 9.67. The van der Waals surface area contributed by atoms with E-state index in [1.807, 2.05) is 0 Å². The van der Waals surface area contributed by atoms with Crippen LogP contribution in [0.3, 0.4) is 0 Å². The Hall–Kier alpha value is -0.0200. The molecule has 0 unspecified atom stereocenters. The first-order valence-electron chi connectivity index (χ1n) is 2.33. The highest BCUT2D eigenvalue weighted by atomic mass is 79.9. The summed E-state index contributed by atoms with van der Waals surface area (Å²) >= 11 is 7.08. The van der Waals surface area contributed by atoms with Gasteiger partial charge in [-0.3, -0.25) is 0 Å². The van der Waals surface area contributed by atoms with Gasteiger partial charge in [0.2, 0.25) is 0 Å². The van der Waals surface area contributed by atoms with E-state index in [0.717, 1.165) is 0 Å². The Morgan fingerprint density at radius 3 is 2.44 bits per heavy atom. The molecule has 3 heteroatoms. The fourth-order valence-electron chi connectivity index (χ4n) is 0.539. The molecular formula is C6H4BrFS. The van der Waals surface area contributed by atoms with E-state index in [4.69, 9.17) is 0 Å². The standard InChI is InChI=1S/C6H4BrFS/c7-4-1-5(8)3-6(9)2-4/h1-3,9H. The Kier molecular flexibility index (Phi) is 2.13. The summed E-state index contributed by atoms with van der Waals surface area (Å²) in [5.74, 6) is -0.269. The van der Waals surface area contributed by atoms with Gasteiger partial charge in [-0.1, -0.05) is 15.9 Å². The first-order valence-corrected chi connectivity index (χ1v) is 3.57. The van der Waals surface area contributed by atoms with Gasteiger partial charge in [-0.25, -0.2) is 4.39 Å². The first kappa shape index (κ1) is 7.09. The van der Waals surface area contributed by atoms with Gasteiger partial charge >= 0.3 is 0 Å². The number of benzene rings is 1. The van der Waals surface area contributed by atoms with Crippen molar-refractivity contribution < 1.29 is 4.39 Å². The van der Waals surface area contributed by atoms with Gasteiger partial charge in [-0.05, 0) is 18.2 Å². The largest absolute Gasteiger partial charge is 0.207 e. The lowest BCUT2D eigenvalue weighted by atomic mass is 10.3. The molecule has 1 aromatic rings. The van der Waals surface area contributed by atoms with Gasteiger partial charge < -0.3 is 0 Å². The zero-order valence-corrected chi connectivity index (χ0v) is 6.92. The Bertz CT molecular complexity index is 174. The van der Waals surface area contributed by atoms with Crippen molar-refractivity contribution in [3.63, 3.8) is 0 Å². The van der Waals surface area contributed by atoms with Gasteiger partial charge in [0.1, 0.15) is 5.82 Å². The van der Waals surface area contributed by atoms with Gasteiger partial charge in [-0.2, -0.15) is 0 Å². The lowest BCUT2D eigenvalue weighted by molar-refractivity contribution is 0.623. The zero-order chi connectivity index (χ0) is 6.85. The molecule has 0 spiro atoms. The summed E-state index contributed by atoms with van der Waals surface area (Å²) in [6.45, 7) is 0. The van der Waals surface area contributed by atoms with E-state index in [0.29, 0.717) is 9.37 Å². The van der Waals surface area contributed by atoms with Crippen LogP contribution in [0.1, 0.15) is 0 Å². The number of thiol groups is 1. The average Bonchev–Trinajstić information content (AvgIpc) is 1.59. The number of hydrogen-bond acceptors (Lipinski definition) is 1. The fourth-order valence-corrected chi connectivity index (χ4v) is 1.44. The van der Waals surface area contributed by atoms with E-state index in [2.05, 4.69) is 28.6 Å².